The maximum Gasteiger partial charge on any atom is 0.332 e. The van der Waals surface area contributed by atoms with Crippen LogP contribution in [0.25, 0.3) is 10.4 Å². The molecule has 0 aliphatic rings. The summed E-state index contributed by atoms with van der Waals surface area (Å²) in [6.07, 6.45) is 4.52. The van der Waals surface area contributed by atoms with Gasteiger partial charge >= 0.3 is 5.97 Å². The number of esters is 1. The monoisotopic (exact) mass is 264 g/mol. The first-order chi connectivity index (χ1) is 9.15. The van der Waals surface area contributed by atoms with Crippen LogP contribution in [0.1, 0.15) is 19.5 Å². The Kier molecular flexibility index (Phi) is 5.72. The largest absolute Gasteiger partial charge is 0.464 e. The van der Waals surface area contributed by atoms with Crippen molar-refractivity contribution in [2.45, 2.75) is 19.4 Å². The van der Waals surface area contributed by atoms with Gasteiger partial charge < -0.3 is 4.74 Å². The number of azide groups is 1. The fourth-order valence-corrected chi connectivity index (χ4v) is 1.50. The second kappa shape index (κ2) is 7.30. The lowest BCUT2D eigenvalue weighted by Crippen LogP contribution is -2.49. The Morgan fingerprint density at radius 1 is 1.63 bits per heavy atom. The van der Waals surface area contributed by atoms with Crippen LogP contribution in [0.5, 0.6) is 0 Å². The highest BCUT2D eigenvalue weighted by atomic mass is 16.5. The normalized spacial score (nSPS) is 13.2. The van der Waals surface area contributed by atoms with Crippen LogP contribution in [0.4, 0.5) is 0 Å². The van der Waals surface area contributed by atoms with E-state index in [1.807, 2.05) is 0 Å². The third-order valence-corrected chi connectivity index (χ3v) is 2.51. The Hall–Kier alpha value is -2.18. The number of hydrogen-bond donors (Lipinski definition) is 1. The van der Waals surface area contributed by atoms with Crippen LogP contribution in [0.3, 0.4) is 0 Å². The van der Waals surface area contributed by atoms with Gasteiger partial charge in [-0.3, -0.25) is 15.3 Å². The average Bonchev–Trinajstić information content (AvgIpc) is 2.44. The Balaban J connectivity index is 2.90. The maximum atomic E-state index is 12.1. The van der Waals surface area contributed by atoms with Crippen molar-refractivity contribution in [2.24, 2.45) is 5.11 Å². The number of aromatic nitrogens is 2. The molecule has 0 aliphatic heterocycles. The minimum Gasteiger partial charge on any atom is -0.464 e. The van der Waals surface area contributed by atoms with E-state index in [0.29, 0.717) is 12.2 Å². The van der Waals surface area contributed by atoms with Gasteiger partial charge in [-0.1, -0.05) is 5.11 Å². The number of rotatable bonds is 7. The molecule has 1 aromatic rings. The summed E-state index contributed by atoms with van der Waals surface area (Å²) in [5, 5.41) is 6.39. The number of nitrogens with zero attached hydrogens (tertiary/aromatic N) is 5. The van der Waals surface area contributed by atoms with Gasteiger partial charge in [-0.2, -0.15) is 0 Å². The summed E-state index contributed by atoms with van der Waals surface area (Å²) in [6, 6.07) is 0. The highest BCUT2D eigenvalue weighted by Crippen LogP contribution is 2.19. The summed E-state index contributed by atoms with van der Waals surface area (Å²) in [6.45, 7) is 4.22. The molecule has 1 aromatic heterocycles. The first-order valence-electron chi connectivity index (χ1n) is 5.84. The van der Waals surface area contributed by atoms with Crippen LogP contribution < -0.4 is 5.32 Å². The van der Waals surface area contributed by atoms with Gasteiger partial charge in [-0.05, 0) is 19.4 Å². The SMILES string of the molecule is CCOC(=O)C(C)(NCCN=[N+]=[N-])c1cnccn1. The number of nitrogens with one attached hydrogen (secondary N) is 1. The van der Waals surface area contributed by atoms with Crippen molar-refractivity contribution in [1.29, 1.82) is 0 Å². The van der Waals surface area contributed by atoms with E-state index >= 15 is 0 Å². The number of carbonyl (C=O) groups is 1. The minimum atomic E-state index is -1.12. The van der Waals surface area contributed by atoms with Gasteiger partial charge in [-0.15, -0.1) is 0 Å². The zero-order valence-corrected chi connectivity index (χ0v) is 10.9. The minimum absolute atomic E-state index is 0.228. The molecular weight excluding hydrogens is 248 g/mol. The molecule has 1 unspecified atom stereocenters. The predicted molar refractivity (Wildman–Crippen MR) is 68.0 cm³/mol. The van der Waals surface area contributed by atoms with Gasteiger partial charge in [0.2, 0.25) is 0 Å². The standard InChI is InChI=1S/C11H16N6O2/c1-3-19-10(18)11(2,15-6-7-16-17-12)9-8-13-4-5-14-9/h4-5,8,15H,3,6-7H2,1-2H3. The summed E-state index contributed by atoms with van der Waals surface area (Å²) in [5.41, 5.74) is 7.56. The molecule has 0 amide bonds. The van der Waals surface area contributed by atoms with Crippen molar-refractivity contribution < 1.29 is 9.53 Å². The zero-order chi connectivity index (χ0) is 14.1. The van der Waals surface area contributed by atoms with Crippen LogP contribution >= 0.6 is 0 Å². The van der Waals surface area contributed by atoms with Crippen LogP contribution in [-0.4, -0.2) is 35.6 Å². The third kappa shape index (κ3) is 3.90. The molecule has 0 saturated carbocycles. The second-order valence-corrected chi connectivity index (χ2v) is 3.82. The molecule has 102 valence electrons. The van der Waals surface area contributed by atoms with E-state index in [2.05, 4.69) is 25.3 Å². The average molecular weight is 264 g/mol. The molecule has 0 saturated heterocycles. The Morgan fingerprint density at radius 2 is 2.42 bits per heavy atom. The van der Waals surface area contributed by atoms with Crippen LogP contribution in [0, 0.1) is 0 Å². The lowest BCUT2D eigenvalue weighted by molar-refractivity contribution is -0.151. The Bertz CT molecular complexity index is 460. The van der Waals surface area contributed by atoms with E-state index in [1.54, 1.807) is 13.8 Å². The zero-order valence-electron chi connectivity index (χ0n) is 10.9. The van der Waals surface area contributed by atoms with Crippen LogP contribution in [0.15, 0.2) is 23.7 Å². The smallest absolute Gasteiger partial charge is 0.332 e. The molecule has 19 heavy (non-hydrogen) atoms. The molecule has 0 radical (unpaired) electrons. The maximum absolute atomic E-state index is 12.1. The lowest BCUT2D eigenvalue weighted by Gasteiger charge is -2.27. The molecule has 8 heteroatoms. The fourth-order valence-electron chi connectivity index (χ4n) is 1.50. The molecule has 1 heterocycles. The molecule has 1 rings (SSSR count). The highest BCUT2D eigenvalue weighted by molar-refractivity contribution is 5.81. The van der Waals surface area contributed by atoms with E-state index in [4.69, 9.17) is 10.3 Å². The summed E-state index contributed by atoms with van der Waals surface area (Å²) >= 11 is 0. The van der Waals surface area contributed by atoms with Gasteiger partial charge in [0.15, 0.2) is 5.54 Å². The molecule has 1 N–H and O–H groups in total. The second-order valence-electron chi connectivity index (χ2n) is 3.82. The molecule has 8 nitrogen and oxygen atoms in total. The van der Waals surface area contributed by atoms with E-state index in [0.717, 1.165) is 0 Å². The third-order valence-electron chi connectivity index (χ3n) is 2.51. The number of ether oxygens (including phenoxy) is 1. The van der Waals surface area contributed by atoms with E-state index in [-0.39, 0.29) is 13.2 Å². The number of carbonyl (C=O) groups excluding carboxylic acids is 1. The molecule has 0 spiro atoms. The molecule has 0 bridgehead atoms. The molecule has 1 atom stereocenters. The van der Waals surface area contributed by atoms with Crippen molar-refractivity contribution in [3.63, 3.8) is 0 Å². The summed E-state index contributed by atoms with van der Waals surface area (Å²) < 4.78 is 5.05. The van der Waals surface area contributed by atoms with Crippen molar-refractivity contribution in [3.05, 3.63) is 34.7 Å². The molecular formula is C11H16N6O2. The summed E-state index contributed by atoms with van der Waals surface area (Å²) in [7, 11) is 0. The molecule has 0 fully saturated rings. The first-order valence-corrected chi connectivity index (χ1v) is 5.84. The molecule has 0 aromatic carbocycles. The van der Waals surface area contributed by atoms with Crippen molar-refractivity contribution in [3.8, 4) is 0 Å². The van der Waals surface area contributed by atoms with Crippen molar-refractivity contribution in [1.82, 2.24) is 15.3 Å². The van der Waals surface area contributed by atoms with Gasteiger partial charge in [0, 0.05) is 30.4 Å². The van der Waals surface area contributed by atoms with Crippen molar-refractivity contribution in [2.75, 3.05) is 19.7 Å². The van der Waals surface area contributed by atoms with Crippen molar-refractivity contribution >= 4 is 5.97 Å². The molecule has 0 aliphatic carbocycles. The van der Waals surface area contributed by atoms with E-state index in [1.165, 1.54) is 18.6 Å². The fraction of sp³-hybridized carbons (Fsp3) is 0.545. The van der Waals surface area contributed by atoms with E-state index in [9.17, 15) is 4.79 Å². The Labute approximate surface area is 110 Å². The Morgan fingerprint density at radius 3 is 3.00 bits per heavy atom. The van der Waals surface area contributed by atoms with Gasteiger partial charge in [0.1, 0.15) is 0 Å². The van der Waals surface area contributed by atoms with Gasteiger partial charge in [0.25, 0.3) is 0 Å². The first kappa shape index (κ1) is 14.9. The number of hydrogen-bond acceptors (Lipinski definition) is 6. The summed E-state index contributed by atoms with van der Waals surface area (Å²) in [5.74, 6) is -0.448. The van der Waals surface area contributed by atoms with Gasteiger partial charge in [0.05, 0.1) is 18.5 Å². The van der Waals surface area contributed by atoms with Crippen LogP contribution in [0.2, 0.25) is 0 Å². The van der Waals surface area contributed by atoms with Gasteiger partial charge in [-0.25, -0.2) is 4.79 Å². The van der Waals surface area contributed by atoms with E-state index < -0.39 is 11.5 Å². The van der Waals surface area contributed by atoms with Crippen LogP contribution in [-0.2, 0) is 15.1 Å². The lowest BCUT2D eigenvalue weighted by atomic mass is 9.98. The highest BCUT2D eigenvalue weighted by Gasteiger charge is 2.37. The predicted octanol–water partition coefficient (Wildman–Crippen LogP) is 1.15. The summed E-state index contributed by atoms with van der Waals surface area (Å²) in [4.78, 5) is 22.8. The quantitative estimate of drug-likeness (QED) is 0.261. The topological polar surface area (TPSA) is 113 Å².